The molecule has 1 saturated heterocycles. The van der Waals surface area contributed by atoms with Crippen LogP contribution >= 0.6 is 57.7 Å². The van der Waals surface area contributed by atoms with Crippen LogP contribution in [0.1, 0.15) is 13.8 Å². The molecule has 0 N–H and O–H groups in total. The second kappa shape index (κ2) is 6.41. The van der Waals surface area contributed by atoms with Crippen molar-refractivity contribution in [1.29, 1.82) is 0 Å². The van der Waals surface area contributed by atoms with Gasteiger partial charge in [0.05, 0.1) is 32.3 Å². The molecule has 1 aliphatic heterocycles. The molecule has 4 nitrogen and oxygen atoms in total. The summed E-state index contributed by atoms with van der Waals surface area (Å²) in [7, 11) is 0. The van der Waals surface area contributed by atoms with Crippen LogP contribution < -0.4 is 0 Å². The van der Waals surface area contributed by atoms with E-state index in [1.165, 1.54) is 3.93 Å². The van der Waals surface area contributed by atoms with Gasteiger partial charge < -0.3 is 0 Å². The second-order valence-corrected chi connectivity index (χ2v) is 17.1. The van der Waals surface area contributed by atoms with Crippen LogP contribution in [0, 0.1) is 0 Å². The van der Waals surface area contributed by atoms with E-state index in [1.807, 2.05) is 0 Å². The molecular formula is C5H6Br4N2O2Sn. The van der Waals surface area contributed by atoms with Crippen LogP contribution in [0.25, 0.3) is 0 Å². The Morgan fingerprint density at radius 1 is 1.21 bits per heavy atom. The van der Waals surface area contributed by atoms with E-state index in [2.05, 4.69) is 57.7 Å². The average molecular weight is 564 g/mol. The van der Waals surface area contributed by atoms with Gasteiger partial charge in [0.25, 0.3) is 5.91 Å². The van der Waals surface area contributed by atoms with E-state index in [-0.39, 0.29) is 22.6 Å². The molecule has 0 unspecified atom stereocenters. The first-order valence-electron chi connectivity index (χ1n) is 3.27. The molecular weight excluding hydrogens is 558 g/mol. The molecule has 14 heavy (non-hydrogen) atoms. The van der Waals surface area contributed by atoms with E-state index in [1.54, 1.807) is 13.8 Å². The summed E-state index contributed by atoms with van der Waals surface area (Å²) in [5.74, 6) is -0.278. The zero-order chi connectivity index (χ0) is 11.5. The number of nitrogens with zero attached hydrogens (tertiary/aromatic N) is 2. The molecule has 0 spiro atoms. The second-order valence-electron chi connectivity index (χ2n) is 2.78. The van der Waals surface area contributed by atoms with Crippen LogP contribution in [0.4, 0.5) is 4.79 Å². The van der Waals surface area contributed by atoms with Gasteiger partial charge in [0.2, 0.25) is 0 Å². The molecule has 3 amide bonds. The number of carbonyl (C=O) groups excluding carboxylic acids is 2. The molecule has 0 aromatic rings. The third-order valence-electron chi connectivity index (χ3n) is 1.53. The summed E-state index contributed by atoms with van der Waals surface area (Å²) in [4.78, 5) is 22.3. The van der Waals surface area contributed by atoms with Gasteiger partial charge in [0.15, 0.2) is 0 Å². The summed E-state index contributed by atoms with van der Waals surface area (Å²) >= 11 is 12.2. The molecule has 0 aliphatic carbocycles. The first kappa shape index (κ1) is 15.7. The van der Waals surface area contributed by atoms with Gasteiger partial charge in [-0.1, -0.05) is 0 Å². The Morgan fingerprint density at radius 2 is 1.57 bits per heavy atom. The van der Waals surface area contributed by atoms with Crippen molar-refractivity contribution in [3.05, 3.63) is 0 Å². The third-order valence-corrected chi connectivity index (χ3v) is 3.34. The number of imide groups is 1. The number of halogens is 4. The predicted octanol–water partition coefficient (Wildman–Crippen LogP) is 2.96. The summed E-state index contributed by atoms with van der Waals surface area (Å²) < 4.78 is 2.11. The zero-order valence-electron chi connectivity index (χ0n) is 7.22. The normalized spacial score (nSPS) is 19.6. The monoisotopic (exact) mass is 562 g/mol. The zero-order valence-corrected chi connectivity index (χ0v) is 16.4. The molecule has 1 heterocycles. The van der Waals surface area contributed by atoms with E-state index >= 15 is 0 Å². The van der Waals surface area contributed by atoms with Crippen molar-refractivity contribution in [3.63, 3.8) is 0 Å². The molecule has 0 aromatic heterocycles. The first-order chi connectivity index (χ1) is 6.30. The Balaban J connectivity index is 0.000000500. The van der Waals surface area contributed by atoms with Crippen molar-refractivity contribution in [3.8, 4) is 0 Å². The number of rotatable bonds is 0. The van der Waals surface area contributed by atoms with Crippen molar-refractivity contribution in [2.45, 2.75) is 19.4 Å². The summed E-state index contributed by atoms with van der Waals surface area (Å²) in [5.41, 5.74) is -0.805. The minimum atomic E-state index is -0.805. The fourth-order valence-corrected chi connectivity index (χ4v) is 1.84. The molecule has 80 valence electrons. The van der Waals surface area contributed by atoms with Gasteiger partial charge in [-0.15, -0.1) is 0 Å². The van der Waals surface area contributed by atoms with E-state index in [0.717, 1.165) is 3.93 Å². The number of carbonyl (C=O) groups is 2. The third kappa shape index (κ3) is 3.32. The van der Waals surface area contributed by atoms with Crippen LogP contribution in [0.2, 0.25) is 0 Å². The van der Waals surface area contributed by atoms with E-state index in [4.69, 9.17) is 0 Å². The Bertz CT molecular complexity index is 250. The molecule has 0 bridgehead atoms. The minimum absolute atomic E-state index is 0.145. The number of amides is 3. The fourth-order valence-electron chi connectivity index (χ4n) is 0.727. The fraction of sp³-hybridized carbons (Fsp3) is 0.600. The maximum atomic E-state index is 11.2. The molecule has 2 radical (unpaired) electrons. The summed E-state index contributed by atoms with van der Waals surface area (Å²) in [6, 6.07) is -0.403. The van der Waals surface area contributed by atoms with E-state index < -0.39 is 11.6 Å². The van der Waals surface area contributed by atoms with Crippen LogP contribution in [-0.4, -0.2) is 42.0 Å². The van der Waals surface area contributed by atoms with Gasteiger partial charge in [0, 0.05) is 0 Å². The first-order valence-corrected chi connectivity index (χ1v) is 17.5. The quantitative estimate of drug-likeness (QED) is 0.258. The molecule has 0 aromatic carbocycles. The summed E-state index contributed by atoms with van der Waals surface area (Å²) in [6.07, 6.45) is 0. The van der Waals surface area contributed by atoms with Crippen LogP contribution in [0.3, 0.4) is 0 Å². The Kier molecular flexibility index (Phi) is 7.17. The standard InChI is InChI=1S/C5H6Br2N2O2.2BrH.Sn/c1-5(2)3(10)8(6)4(11)9(5)7;;;/h1-2H3;2*1H;/q;;;+2/p-2. The van der Waals surface area contributed by atoms with Crippen LogP contribution in [0.15, 0.2) is 0 Å². The Hall–Kier alpha value is 1.66. The van der Waals surface area contributed by atoms with Crippen molar-refractivity contribution >= 4 is 86.3 Å². The van der Waals surface area contributed by atoms with Crippen molar-refractivity contribution in [1.82, 2.24) is 7.85 Å². The van der Waals surface area contributed by atoms with Crippen molar-refractivity contribution in [2.24, 2.45) is 0 Å². The summed E-state index contributed by atoms with van der Waals surface area (Å²) in [5, 5.41) is 0. The van der Waals surface area contributed by atoms with E-state index in [9.17, 15) is 9.59 Å². The molecule has 1 rings (SSSR count). The number of urea groups is 1. The molecule has 1 aliphatic rings. The van der Waals surface area contributed by atoms with Crippen molar-refractivity contribution < 1.29 is 9.59 Å². The molecule has 9 heteroatoms. The predicted molar refractivity (Wildman–Crippen MR) is 69.6 cm³/mol. The average Bonchev–Trinajstić information content (AvgIpc) is 2.23. The van der Waals surface area contributed by atoms with Crippen LogP contribution in [-0.2, 0) is 4.79 Å². The van der Waals surface area contributed by atoms with Gasteiger partial charge in [0.1, 0.15) is 5.54 Å². The maximum absolute atomic E-state index is 11.2. The van der Waals surface area contributed by atoms with Gasteiger partial charge in [-0.25, -0.2) is 8.72 Å². The topological polar surface area (TPSA) is 40.6 Å². The summed E-state index contributed by atoms with van der Waals surface area (Å²) in [6.45, 7) is 3.31. The van der Waals surface area contributed by atoms with Gasteiger partial charge >= 0.3 is 48.1 Å². The van der Waals surface area contributed by atoms with E-state index in [0.29, 0.717) is 0 Å². The number of hydrogen-bond donors (Lipinski definition) is 0. The van der Waals surface area contributed by atoms with Gasteiger partial charge in [-0.3, -0.25) is 4.79 Å². The number of hydrogen-bond acceptors (Lipinski definition) is 2. The molecule has 1 fully saturated rings. The van der Waals surface area contributed by atoms with Crippen molar-refractivity contribution in [2.75, 3.05) is 0 Å². The molecule has 0 atom stereocenters. The van der Waals surface area contributed by atoms with Crippen LogP contribution in [0.5, 0.6) is 0 Å². The SMILES string of the molecule is CC1(C)C(=O)N(Br)C(=O)N1Br.[Br][Sn][Br]. The van der Waals surface area contributed by atoms with Gasteiger partial charge in [-0.05, 0) is 13.8 Å². The Labute approximate surface area is 122 Å². The molecule has 0 saturated carbocycles. The Morgan fingerprint density at radius 3 is 1.64 bits per heavy atom. The van der Waals surface area contributed by atoms with Gasteiger partial charge in [-0.2, -0.15) is 3.93 Å².